The molecule has 0 unspecified atom stereocenters. The fraction of sp³-hybridized carbons (Fsp3) is 0.316. The van der Waals surface area contributed by atoms with Crippen molar-refractivity contribution in [3.8, 4) is 11.3 Å². The minimum atomic E-state index is -0.501. The van der Waals surface area contributed by atoms with Crippen LogP contribution in [0.1, 0.15) is 33.7 Å². The second kappa shape index (κ2) is 9.67. The molecule has 1 saturated heterocycles. The van der Waals surface area contributed by atoms with Crippen LogP contribution in [0, 0.1) is 5.92 Å². The van der Waals surface area contributed by atoms with Gasteiger partial charge in [-0.05, 0) is 51.2 Å². The van der Waals surface area contributed by atoms with Gasteiger partial charge in [-0.2, -0.15) is 0 Å². The molecule has 0 saturated carbocycles. The zero-order valence-electron chi connectivity index (χ0n) is 14.6. The zero-order chi connectivity index (χ0) is 17.1. The molecule has 1 amide bonds. The van der Waals surface area contributed by atoms with E-state index in [1.54, 1.807) is 30.3 Å². The summed E-state index contributed by atoms with van der Waals surface area (Å²) < 4.78 is 0. The van der Waals surface area contributed by atoms with E-state index in [4.69, 9.17) is 5.73 Å². The largest absolute Gasteiger partial charge is 0.366 e. The van der Waals surface area contributed by atoms with Gasteiger partial charge in [0.15, 0.2) is 5.78 Å². The molecule has 1 aliphatic rings. The number of nitrogens with zero attached hydrogens (tertiary/aromatic N) is 2. The Bertz CT molecular complexity index is 775. The van der Waals surface area contributed by atoms with Crippen LogP contribution in [0.2, 0.25) is 0 Å². The van der Waals surface area contributed by atoms with E-state index in [9.17, 15) is 9.59 Å². The topological polar surface area (TPSA) is 76.3 Å². The van der Waals surface area contributed by atoms with Gasteiger partial charge in [0.1, 0.15) is 5.69 Å². The number of ketones is 1. The Kier molecular flexibility index (Phi) is 8.21. The molecule has 26 heavy (non-hydrogen) atoms. The highest BCUT2D eigenvalue weighted by atomic mass is 35.5. The summed E-state index contributed by atoms with van der Waals surface area (Å²) in [5.41, 5.74) is 7.57. The number of rotatable bonds is 4. The zero-order valence-corrected chi connectivity index (χ0v) is 16.2. The lowest BCUT2D eigenvalue weighted by atomic mass is 9.91. The Balaban J connectivity index is 0.00000169. The van der Waals surface area contributed by atoms with E-state index in [0.717, 1.165) is 25.9 Å². The lowest BCUT2D eigenvalue weighted by Gasteiger charge is -2.27. The molecule has 0 radical (unpaired) electrons. The van der Waals surface area contributed by atoms with Crippen LogP contribution in [-0.4, -0.2) is 41.7 Å². The fourth-order valence-electron chi connectivity index (χ4n) is 3.12. The minimum absolute atomic E-state index is 0. The van der Waals surface area contributed by atoms with Gasteiger partial charge in [-0.1, -0.05) is 24.3 Å². The Morgan fingerprint density at radius 1 is 1.04 bits per heavy atom. The Hall–Kier alpha value is -1.95. The molecular formula is C19H23Cl2N3O2. The third-order valence-corrected chi connectivity index (χ3v) is 4.56. The van der Waals surface area contributed by atoms with Crippen LogP contribution >= 0.6 is 24.8 Å². The van der Waals surface area contributed by atoms with Crippen molar-refractivity contribution in [2.75, 3.05) is 20.1 Å². The van der Waals surface area contributed by atoms with Crippen LogP contribution in [0.5, 0.6) is 0 Å². The Labute approximate surface area is 165 Å². The first-order valence-corrected chi connectivity index (χ1v) is 8.15. The van der Waals surface area contributed by atoms with Crippen LogP contribution in [0.4, 0.5) is 0 Å². The van der Waals surface area contributed by atoms with E-state index < -0.39 is 5.91 Å². The van der Waals surface area contributed by atoms with Crippen LogP contribution in [0.3, 0.4) is 0 Å². The van der Waals surface area contributed by atoms with Crippen molar-refractivity contribution in [1.29, 1.82) is 0 Å². The van der Waals surface area contributed by atoms with Gasteiger partial charge < -0.3 is 10.6 Å². The first-order valence-electron chi connectivity index (χ1n) is 8.15. The number of hydrogen-bond donors (Lipinski definition) is 1. The van der Waals surface area contributed by atoms with Crippen molar-refractivity contribution in [2.24, 2.45) is 11.7 Å². The van der Waals surface area contributed by atoms with Crippen LogP contribution in [-0.2, 0) is 0 Å². The van der Waals surface area contributed by atoms with E-state index in [1.165, 1.54) is 0 Å². The number of benzene rings is 1. The molecule has 140 valence electrons. The molecule has 2 aromatic rings. The Morgan fingerprint density at radius 2 is 1.69 bits per heavy atom. The van der Waals surface area contributed by atoms with E-state index in [1.807, 2.05) is 12.1 Å². The number of halogens is 2. The highest BCUT2D eigenvalue weighted by Crippen LogP contribution is 2.24. The summed E-state index contributed by atoms with van der Waals surface area (Å²) in [4.78, 5) is 31.1. The molecule has 7 heteroatoms. The summed E-state index contributed by atoms with van der Waals surface area (Å²) in [5.74, 6) is -0.392. The summed E-state index contributed by atoms with van der Waals surface area (Å²) in [6.07, 6.45) is 1.72. The number of carbonyl (C=O) groups excluding carboxylic acids is 2. The second-order valence-corrected chi connectivity index (χ2v) is 6.26. The normalized spacial score (nSPS) is 14.8. The molecule has 1 aromatic carbocycles. The summed E-state index contributed by atoms with van der Waals surface area (Å²) in [7, 11) is 2.07. The average Bonchev–Trinajstić information content (AvgIpc) is 2.62. The smallest absolute Gasteiger partial charge is 0.249 e. The van der Waals surface area contributed by atoms with Gasteiger partial charge in [-0.3, -0.25) is 9.59 Å². The molecule has 1 fully saturated rings. The molecule has 0 spiro atoms. The summed E-state index contributed by atoms with van der Waals surface area (Å²) in [6.45, 7) is 1.86. The lowest BCUT2D eigenvalue weighted by Crippen LogP contribution is -2.33. The summed E-state index contributed by atoms with van der Waals surface area (Å²) in [6, 6.07) is 12.4. The van der Waals surface area contributed by atoms with Crippen molar-refractivity contribution < 1.29 is 9.59 Å². The number of nitrogens with two attached hydrogens (primary N) is 1. The Morgan fingerprint density at radius 3 is 2.35 bits per heavy atom. The number of pyridine rings is 1. The van der Waals surface area contributed by atoms with Crippen LogP contribution < -0.4 is 5.73 Å². The summed E-state index contributed by atoms with van der Waals surface area (Å²) >= 11 is 0. The molecule has 2 heterocycles. The summed E-state index contributed by atoms with van der Waals surface area (Å²) in [5, 5.41) is 0. The van der Waals surface area contributed by atoms with Crippen molar-refractivity contribution in [3.63, 3.8) is 0 Å². The van der Waals surface area contributed by atoms with Crippen LogP contribution in [0.15, 0.2) is 42.5 Å². The number of hydrogen-bond acceptors (Lipinski definition) is 4. The van der Waals surface area contributed by atoms with Gasteiger partial charge in [0.05, 0.1) is 5.69 Å². The van der Waals surface area contributed by atoms with E-state index in [0.29, 0.717) is 22.5 Å². The molecule has 0 atom stereocenters. The van der Waals surface area contributed by atoms with Crippen molar-refractivity contribution in [3.05, 3.63) is 53.7 Å². The number of aromatic nitrogens is 1. The van der Waals surface area contributed by atoms with E-state index in [2.05, 4.69) is 16.9 Å². The molecule has 1 aromatic heterocycles. The van der Waals surface area contributed by atoms with Crippen molar-refractivity contribution in [1.82, 2.24) is 9.88 Å². The number of piperidine rings is 1. The van der Waals surface area contributed by atoms with Crippen LogP contribution in [0.25, 0.3) is 11.3 Å². The number of likely N-dealkylation sites (tertiary alicyclic amines) is 1. The second-order valence-electron chi connectivity index (χ2n) is 6.26. The highest BCUT2D eigenvalue weighted by Gasteiger charge is 2.25. The predicted molar refractivity (Wildman–Crippen MR) is 107 cm³/mol. The lowest BCUT2D eigenvalue weighted by molar-refractivity contribution is 0.0851. The molecule has 3 rings (SSSR count). The van der Waals surface area contributed by atoms with Crippen molar-refractivity contribution >= 4 is 36.5 Å². The maximum absolute atomic E-state index is 12.7. The standard InChI is InChI=1S/C19H21N3O2.2ClH/c1-22-11-9-13(10-12-22)18(23)17-8-4-7-16(21-17)14-5-2-3-6-15(14)19(20)24;;/h2-8,13H,9-12H2,1H3,(H2,20,24);2*1H. The fourth-order valence-corrected chi connectivity index (χ4v) is 3.12. The molecule has 0 bridgehead atoms. The third-order valence-electron chi connectivity index (χ3n) is 4.56. The molecule has 1 aliphatic heterocycles. The van der Waals surface area contributed by atoms with Gasteiger partial charge >= 0.3 is 0 Å². The molecule has 5 nitrogen and oxygen atoms in total. The molecule has 0 aliphatic carbocycles. The number of amides is 1. The van der Waals surface area contributed by atoms with Gasteiger partial charge in [-0.25, -0.2) is 4.98 Å². The number of Topliss-reactive ketones (excluding diaryl/α,β-unsaturated/α-hetero) is 1. The third kappa shape index (κ3) is 4.81. The van der Waals surface area contributed by atoms with E-state index in [-0.39, 0.29) is 36.5 Å². The van der Waals surface area contributed by atoms with Gasteiger partial charge in [-0.15, -0.1) is 24.8 Å². The quantitative estimate of drug-likeness (QED) is 0.806. The van der Waals surface area contributed by atoms with Crippen molar-refractivity contribution in [2.45, 2.75) is 12.8 Å². The predicted octanol–water partition coefficient (Wildman–Crippen LogP) is 3.22. The van der Waals surface area contributed by atoms with Gasteiger partial charge in [0.25, 0.3) is 0 Å². The first-order chi connectivity index (χ1) is 11.6. The monoisotopic (exact) mass is 395 g/mol. The maximum Gasteiger partial charge on any atom is 0.249 e. The number of primary amides is 1. The molecule has 2 N–H and O–H groups in total. The maximum atomic E-state index is 12.7. The van der Waals surface area contributed by atoms with Gasteiger partial charge in [0, 0.05) is 17.0 Å². The van der Waals surface area contributed by atoms with E-state index >= 15 is 0 Å². The molecular weight excluding hydrogens is 373 g/mol. The highest BCUT2D eigenvalue weighted by molar-refractivity contribution is 6.00. The number of carbonyl (C=O) groups is 2. The average molecular weight is 396 g/mol. The SMILES string of the molecule is CN1CCC(C(=O)c2cccc(-c3ccccc3C(N)=O)n2)CC1.Cl.Cl. The van der Waals surface area contributed by atoms with Gasteiger partial charge in [0.2, 0.25) is 5.91 Å². The first kappa shape index (κ1) is 22.1. The minimum Gasteiger partial charge on any atom is -0.366 e.